The van der Waals surface area contributed by atoms with Gasteiger partial charge in [-0.3, -0.25) is 4.79 Å². The first-order chi connectivity index (χ1) is 7.52. The molecule has 0 saturated carbocycles. The Labute approximate surface area is 101 Å². The van der Waals surface area contributed by atoms with Crippen LogP contribution in [0.25, 0.3) is 0 Å². The summed E-state index contributed by atoms with van der Waals surface area (Å²) in [5, 5.41) is 29.7. The third-order valence-electron chi connectivity index (χ3n) is 2.35. The number of nitrogens with zero attached hydrogens (tertiary/aromatic N) is 1. The summed E-state index contributed by atoms with van der Waals surface area (Å²) in [6, 6.07) is 0. The molecule has 0 aliphatic carbocycles. The molecule has 0 aromatic carbocycles. The molecule has 0 heterocycles. The first-order valence-corrected chi connectivity index (χ1v) is 5.40. The Balaban J connectivity index is 5.09. The van der Waals surface area contributed by atoms with E-state index in [2.05, 4.69) is 0 Å². The molecule has 17 heavy (non-hydrogen) atoms. The van der Waals surface area contributed by atoms with Crippen LogP contribution in [0.3, 0.4) is 0 Å². The molecular formula is C11H21NO5. The molecule has 2 N–H and O–H groups in total. The van der Waals surface area contributed by atoms with Crippen molar-refractivity contribution < 1.29 is 29.4 Å². The van der Waals surface area contributed by atoms with Crippen LogP contribution in [0.1, 0.15) is 13.3 Å². The second-order valence-corrected chi connectivity index (χ2v) is 5.48. The van der Waals surface area contributed by atoms with Gasteiger partial charge in [0.25, 0.3) is 0 Å². The molecule has 0 radical (unpaired) electrons. The quantitative estimate of drug-likeness (QED) is 0.496. The molecule has 0 aliphatic heterocycles. The number of aliphatic hydroxyl groups is 2. The van der Waals surface area contributed by atoms with Crippen molar-refractivity contribution in [1.82, 2.24) is 0 Å². The van der Waals surface area contributed by atoms with E-state index in [1.54, 1.807) is 21.1 Å². The minimum atomic E-state index is -2.00. The molecule has 2 atom stereocenters. The van der Waals surface area contributed by atoms with Crippen molar-refractivity contribution in [3.63, 3.8) is 0 Å². The highest BCUT2D eigenvalue weighted by molar-refractivity contribution is 5.92. The van der Waals surface area contributed by atoms with Crippen LogP contribution in [0.5, 0.6) is 0 Å². The maximum Gasteiger partial charge on any atom is 0.177 e. The van der Waals surface area contributed by atoms with Crippen LogP contribution >= 0.6 is 0 Å². The smallest absolute Gasteiger partial charge is 0.177 e. The van der Waals surface area contributed by atoms with Crippen LogP contribution in [0, 0.1) is 5.92 Å². The lowest BCUT2D eigenvalue weighted by atomic mass is 9.86. The summed E-state index contributed by atoms with van der Waals surface area (Å²) in [5.74, 6) is -2.96. The fourth-order valence-electron chi connectivity index (χ4n) is 1.79. The molecule has 0 bridgehead atoms. The Morgan fingerprint density at radius 3 is 2.12 bits per heavy atom. The second-order valence-electron chi connectivity index (χ2n) is 5.48. The molecule has 0 aromatic rings. The van der Waals surface area contributed by atoms with E-state index in [4.69, 9.17) is 5.11 Å². The number of carbonyl (C=O) groups excluding carboxylic acids is 2. The minimum absolute atomic E-state index is 0.0514. The summed E-state index contributed by atoms with van der Waals surface area (Å²) >= 11 is 0. The number of ketones is 1. The number of hydrogen-bond acceptors (Lipinski definition) is 5. The Morgan fingerprint density at radius 2 is 1.82 bits per heavy atom. The SMILES string of the molecule is CC(CO)C(=O)C(O)(CC(=O)[O-])C[N+](C)(C)C. The molecule has 100 valence electrons. The van der Waals surface area contributed by atoms with Gasteiger partial charge in [0.05, 0.1) is 27.7 Å². The zero-order chi connectivity index (χ0) is 13.9. The summed E-state index contributed by atoms with van der Waals surface area (Å²) in [5.41, 5.74) is -2.00. The fraction of sp³-hybridized carbons (Fsp3) is 0.818. The number of carboxylic acid groups (broad SMARTS) is 1. The van der Waals surface area contributed by atoms with Crippen LogP contribution in [-0.2, 0) is 9.59 Å². The first kappa shape index (κ1) is 16.0. The molecule has 2 unspecified atom stereocenters. The van der Waals surface area contributed by atoms with E-state index in [9.17, 15) is 19.8 Å². The number of aliphatic hydroxyl groups excluding tert-OH is 1. The summed E-state index contributed by atoms with van der Waals surface area (Å²) in [4.78, 5) is 22.5. The highest BCUT2D eigenvalue weighted by Crippen LogP contribution is 2.19. The first-order valence-electron chi connectivity index (χ1n) is 5.40. The number of carboxylic acids is 1. The second kappa shape index (κ2) is 5.57. The van der Waals surface area contributed by atoms with Gasteiger partial charge in [-0.2, -0.15) is 0 Å². The number of aliphatic carboxylic acids is 1. The number of likely N-dealkylation sites (N-methyl/N-ethyl adjacent to an activating group) is 1. The van der Waals surface area contributed by atoms with E-state index in [0.29, 0.717) is 0 Å². The minimum Gasteiger partial charge on any atom is -0.550 e. The van der Waals surface area contributed by atoms with Crippen LogP contribution in [0.4, 0.5) is 0 Å². The zero-order valence-corrected chi connectivity index (χ0v) is 10.8. The zero-order valence-electron chi connectivity index (χ0n) is 10.8. The lowest BCUT2D eigenvalue weighted by molar-refractivity contribution is -0.875. The van der Waals surface area contributed by atoms with Crippen molar-refractivity contribution in [3.05, 3.63) is 0 Å². The number of rotatable bonds is 7. The molecule has 0 aliphatic rings. The Hall–Kier alpha value is -0.980. The average molecular weight is 247 g/mol. The summed E-state index contributed by atoms with van der Waals surface area (Å²) in [7, 11) is 5.20. The van der Waals surface area contributed by atoms with Gasteiger partial charge in [-0.05, 0) is 0 Å². The number of Topliss-reactive ketones (excluding diaryl/α,β-unsaturated/α-hetero) is 1. The monoisotopic (exact) mass is 247 g/mol. The molecule has 0 aromatic heterocycles. The Kier molecular flexibility index (Phi) is 5.25. The lowest BCUT2D eigenvalue weighted by Gasteiger charge is -2.35. The van der Waals surface area contributed by atoms with Crippen molar-refractivity contribution >= 4 is 11.8 Å². The normalized spacial score (nSPS) is 17.3. The van der Waals surface area contributed by atoms with Crippen LogP contribution < -0.4 is 5.11 Å². The molecule has 0 amide bonds. The van der Waals surface area contributed by atoms with Crippen molar-refractivity contribution in [2.75, 3.05) is 34.3 Å². The van der Waals surface area contributed by atoms with Gasteiger partial charge in [0.1, 0.15) is 6.54 Å². The van der Waals surface area contributed by atoms with Gasteiger partial charge in [-0.1, -0.05) is 6.92 Å². The van der Waals surface area contributed by atoms with E-state index >= 15 is 0 Å². The molecule has 0 saturated heterocycles. The predicted molar refractivity (Wildman–Crippen MR) is 58.7 cm³/mol. The van der Waals surface area contributed by atoms with Gasteiger partial charge in [0, 0.05) is 18.3 Å². The third-order valence-corrected chi connectivity index (χ3v) is 2.35. The summed E-state index contributed by atoms with van der Waals surface area (Å²) in [6.07, 6.45) is -0.758. The lowest BCUT2D eigenvalue weighted by Crippen LogP contribution is -2.57. The van der Waals surface area contributed by atoms with E-state index in [1.807, 2.05) is 0 Å². The van der Waals surface area contributed by atoms with E-state index in [1.165, 1.54) is 6.92 Å². The van der Waals surface area contributed by atoms with E-state index < -0.39 is 36.3 Å². The Bertz CT molecular complexity index is 297. The van der Waals surface area contributed by atoms with Gasteiger partial charge < -0.3 is 24.6 Å². The largest absolute Gasteiger partial charge is 0.550 e. The average Bonchev–Trinajstić information content (AvgIpc) is 2.10. The van der Waals surface area contributed by atoms with E-state index in [0.717, 1.165) is 0 Å². The van der Waals surface area contributed by atoms with Crippen molar-refractivity contribution in [2.45, 2.75) is 18.9 Å². The summed E-state index contributed by atoms with van der Waals surface area (Å²) in [6.45, 7) is 0.966. The maximum absolute atomic E-state index is 11.9. The highest BCUT2D eigenvalue weighted by atomic mass is 16.4. The van der Waals surface area contributed by atoms with Crippen molar-refractivity contribution in [1.29, 1.82) is 0 Å². The molecular weight excluding hydrogens is 226 g/mol. The fourth-order valence-corrected chi connectivity index (χ4v) is 1.79. The molecule has 6 nitrogen and oxygen atoms in total. The van der Waals surface area contributed by atoms with Crippen LogP contribution in [0.15, 0.2) is 0 Å². The number of quaternary nitrogens is 1. The summed E-state index contributed by atoms with van der Waals surface area (Å²) < 4.78 is 0.230. The molecule has 0 rings (SSSR count). The number of carbonyl (C=O) groups is 2. The van der Waals surface area contributed by atoms with Crippen molar-refractivity contribution in [3.8, 4) is 0 Å². The third kappa shape index (κ3) is 5.25. The molecule has 6 heteroatoms. The number of hydrogen-bond donors (Lipinski definition) is 2. The van der Waals surface area contributed by atoms with Gasteiger partial charge >= 0.3 is 0 Å². The topological polar surface area (TPSA) is 97.7 Å². The van der Waals surface area contributed by atoms with Gasteiger partial charge in [0.15, 0.2) is 11.4 Å². The molecule has 0 fully saturated rings. The van der Waals surface area contributed by atoms with Gasteiger partial charge in [0.2, 0.25) is 0 Å². The molecule has 0 spiro atoms. The van der Waals surface area contributed by atoms with E-state index in [-0.39, 0.29) is 11.0 Å². The maximum atomic E-state index is 11.9. The highest BCUT2D eigenvalue weighted by Gasteiger charge is 2.42. The van der Waals surface area contributed by atoms with Crippen LogP contribution in [-0.4, -0.2) is 66.3 Å². The van der Waals surface area contributed by atoms with Gasteiger partial charge in [-0.15, -0.1) is 0 Å². The predicted octanol–water partition coefficient (Wildman–Crippen LogP) is -2.24. The van der Waals surface area contributed by atoms with Crippen LogP contribution in [0.2, 0.25) is 0 Å². The Morgan fingerprint density at radius 1 is 1.35 bits per heavy atom. The van der Waals surface area contributed by atoms with Gasteiger partial charge in [-0.25, -0.2) is 0 Å². The van der Waals surface area contributed by atoms with Crippen molar-refractivity contribution in [2.24, 2.45) is 5.92 Å². The standard InChI is InChI=1S/C11H21NO5/c1-8(6-13)10(16)11(17,5-9(14)15)7-12(2,3)4/h8,13,17H,5-7H2,1-4H3.